The zero-order valence-electron chi connectivity index (χ0n) is 7.93. The van der Waals surface area contributed by atoms with Gasteiger partial charge in [-0.15, -0.1) is 0 Å². The summed E-state index contributed by atoms with van der Waals surface area (Å²) in [6.45, 7) is 4.99. The van der Waals surface area contributed by atoms with Gasteiger partial charge in [0.25, 0.3) is 0 Å². The second kappa shape index (κ2) is 4.94. The van der Waals surface area contributed by atoms with Crippen LogP contribution in [0.15, 0.2) is 18.2 Å². The van der Waals surface area contributed by atoms with Crippen LogP contribution in [0.1, 0.15) is 18.1 Å². The van der Waals surface area contributed by atoms with E-state index in [1.165, 1.54) is 12.1 Å². The van der Waals surface area contributed by atoms with Crippen LogP contribution in [0.25, 0.3) is 0 Å². The summed E-state index contributed by atoms with van der Waals surface area (Å²) in [6, 6.07) is 4.74. The van der Waals surface area contributed by atoms with Gasteiger partial charge in [-0.2, -0.15) is 5.48 Å². The van der Waals surface area contributed by atoms with Crippen molar-refractivity contribution in [3.63, 3.8) is 0 Å². The minimum absolute atomic E-state index is 0.209. The highest BCUT2D eigenvalue weighted by Crippen LogP contribution is 2.09. The molecule has 0 bridgehead atoms. The SMILES string of the molecule is CCONCc1cc(F)ccc1C. The number of aryl methyl sites for hydroxylation is 1. The van der Waals surface area contributed by atoms with E-state index in [0.29, 0.717) is 13.2 Å². The third kappa shape index (κ3) is 3.13. The van der Waals surface area contributed by atoms with E-state index in [2.05, 4.69) is 5.48 Å². The number of halogens is 1. The van der Waals surface area contributed by atoms with Gasteiger partial charge in [0.15, 0.2) is 0 Å². The normalized spacial score (nSPS) is 10.4. The van der Waals surface area contributed by atoms with Gasteiger partial charge in [-0.05, 0) is 37.1 Å². The number of hydrogen-bond acceptors (Lipinski definition) is 2. The van der Waals surface area contributed by atoms with Gasteiger partial charge in [-0.3, -0.25) is 0 Å². The predicted molar refractivity (Wildman–Crippen MR) is 49.6 cm³/mol. The molecule has 2 nitrogen and oxygen atoms in total. The van der Waals surface area contributed by atoms with Crippen molar-refractivity contribution >= 4 is 0 Å². The Bertz CT molecular complexity index is 276. The first-order valence-electron chi connectivity index (χ1n) is 4.33. The van der Waals surface area contributed by atoms with Crippen molar-refractivity contribution in [2.75, 3.05) is 6.61 Å². The molecular weight excluding hydrogens is 169 g/mol. The van der Waals surface area contributed by atoms with Crippen LogP contribution < -0.4 is 5.48 Å². The Morgan fingerprint density at radius 3 is 2.92 bits per heavy atom. The van der Waals surface area contributed by atoms with E-state index in [1.807, 2.05) is 13.8 Å². The molecule has 0 heterocycles. The Hall–Kier alpha value is -0.930. The summed E-state index contributed by atoms with van der Waals surface area (Å²) in [6.07, 6.45) is 0. The standard InChI is InChI=1S/C10H14FNO/c1-3-13-12-7-9-6-10(11)5-4-8(9)2/h4-6,12H,3,7H2,1-2H3. The number of hydrogen-bond donors (Lipinski definition) is 1. The van der Waals surface area contributed by atoms with Crippen molar-refractivity contribution in [1.82, 2.24) is 5.48 Å². The highest BCUT2D eigenvalue weighted by Gasteiger charge is 1.99. The van der Waals surface area contributed by atoms with Gasteiger partial charge in [-0.1, -0.05) is 6.07 Å². The molecule has 0 spiro atoms. The van der Waals surface area contributed by atoms with Gasteiger partial charge >= 0.3 is 0 Å². The molecule has 72 valence electrons. The Labute approximate surface area is 77.7 Å². The molecule has 0 fully saturated rings. The fraction of sp³-hybridized carbons (Fsp3) is 0.400. The zero-order valence-corrected chi connectivity index (χ0v) is 7.93. The third-order valence-corrected chi connectivity index (χ3v) is 1.82. The van der Waals surface area contributed by atoms with Crippen molar-refractivity contribution in [3.05, 3.63) is 35.1 Å². The van der Waals surface area contributed by atoms with Crippen LogP contribution >= 0.6 is 0 Å². The monoisotopic (exact) mass is 183 g/mol. The Morgan fingerprint density at radius 1 is 1.46 bits per heavy atom. The fourth-order valence-corrected chi connectivity index (χ4v) is 1.06. The molecule has 1 aromatic carbocycles. The van der Waals surface area contributed by atoms with Crippen molar-refractivity contribution in [1.29, 1.82) is 0 Å². The molecule has 0 saturated carbocycles. The molecule has 0 radical (unpaired) electrons. The van der Waals surface area contributed by atoms with Gasteiger partial charge in [0.2, 0.25) is 0 Å². The molecule has 3 heteroatoms. The lowest BCUT2D eigenvalue weighted by Gasteiger charge is -2.06. The number of nitrogens with one attached hydrogen (secondary N) is 1. The van der Waals surface area contributed by atoms with Crippen LogP contribution in [0.2, 0.25) is 0 Å². The van der Waals surface area contributed by atoms with Crippen LogP contribution in [-0.2, 0) is 11.4 Å². The van der Waals surface area contributed by atoms with Crippen molar-refractivity contribution in [3.8, 4) is 0 Å². The molecule has 0 saturated heterocycles. The average Bonchev–Trinajstić information content (AvgIpc) is 2.11. The summed E-state index contributed by atoms with van der Waals surface area (Å²) in [4.78, 5) is 4.96. The van der Waals surface area contributed by atoms with E-state index in [1.54, 1.807) is 6.07 Å². The molecule has 13 heavy (non-hydrogen) atoms. The second-order valence-electron chi connectivity index (χ2n) is 2.82. The van der Waals surface area contributed by atoms with Crippen LogP contribution in [-0.4, -0.2) is 6.61 Å². The summed E-state index contributed by atoms with van der Waals surface area (Å²) >= 11 is 0. The summed E-state index contributed by atoms with van der Waals surface area (Å²) in [5.41, 5.74) is 4.74. The van der Waals surface area contributed by atoms with Gasteiger partial charge in [0.05, 0.1) is 6.61 Å². The first-order chi connectivity index (χ1) is 6.24. The van der Waals surface area contributed by atoms with Crippen molar-refractivity contribution in [2.45, 2.75) is 20.4 Å². The molecule has 0 atom stereocenters. The minimum atomic E-state index is -0.209. The summed E-state index contributed by atoms with van der Waals surface area (Å²) in [5, 5.41) is 0. The summed E-state index contributed by atoms with van der Waals surface area (Å²) in [7, 11) is 0. The highest BCUT2D eigenvalue weighted by atomic mass is 19.1. The van der Waals surface area contributed by atoms with E-state index in [-0.39, 0.29) is 5.82 Å². The van der Waals surface area contributed by atoms with Crippen LogP contribution in [0.4, 0.5) is 4.39 Å². The molecule has 1 aromatic rings. The lowest BCUT2D eigenvalue weighted by molar-refractivity contribution is 0.0462. The fourth-order valence-electron chi connectivity index (χ4n) is 1.06. The van der Waals surface area contributed by atoms with Gasteiger partial charge < -0.3 is 4.84 Å². The molecule has 0 aliphatic heterocycles. The van der Waals surface area contributed by atoms with Crippen molar-refractivity contribution in [2.24, 2.45) is 0 Å². The number of rotatable bonds is 4. The molecule has 0 amide bonds. The smallest absolute Gasteiger partial charge is 0.123 e. The largest absolute Gasteiger partial charge is 0.302 e. The van der Waals surface area contributed by atoms with Crippen LogP contribution in [0.3, 0.4) is 0 Å². The summed E-state index contributed by atoms with van der Waals surface area (Å²) < 4.78 is 12.8. The second-order valence-corrected chi connectivity index (χ2v) is 2.82. The topological polar surface area (TPSA) is 21.3 Å². The minimum Gasteiger partial charge on any atom is -0.302 e. The third-order valence-electron chi connectivity index (χ3n) is 1.82. The molecule has 0 unspecified atom stereocenters. The lowest BCUT2D eigenvalue weighted by Crippen LogP contribution is -2.14. The molecule has 1 N–H and O–H groups in total. The lowest BCUT2D eigenvalue weighted by atomic mass is 10.1. The molecule has 0 aliphatic carbocycles. The van der Waals surface area contributed by atoms with Gasteiger partial charge in [0.1, 0.15) is 5.82 Å². The van der Waals surface area contributed by atoms with E-state index in [0.717, 1.165) is 11.1 Å². The van der Waals surface area contributed by atoms with Crippen molar-refractivity contribution < 1.29 is 9.23 Å². The first kappa shape index (κ1) is 10.2. The quantitative estimate of drug-likeness (QED) is 0.570. The van der Waals surface area contributed by atoms with Gasteiger partial charge in [0, 0.05) is 6.54 Å². The average molecular weight is 183 g/mol. The Balaban J connectivity index is 2.59. The molecule has 1 rings (SSSR count). The predicted octanol–water partition coefficient (Wildman–Crippen LogP) is 2.18. The number of benzene rings is 1. The Kier molecular flexibility index (Phi) is 3.86. The van der Waals surface area contributed by atoms with E-state index < -0.39 is 0 Å². The van der Waals surface area contributed by atoms with Gasteiger partial charge in [-0.25, -0.2) is 4.39 Å². The number of hydroxylamine groups is 1. The maximum atomic E-state index is 12.8. The highest BCUT2D eigenvalue weighted by molar-refractivity contribution is 5.26. The Morgan fingerprint density at radius 2 is 2.23 bits per heavy atom. The molecule has 0 aromatic heterocycles. The van der Waals surface area contributed by atoms with Crippen LogP contribution in [0.5, 0.6) is 0 Å². The maximum absolute atomic E-state index is 12.8. The van der Waals surface area contributed by atoms with Crippen LogP contribution in [0, 0.1) is 12.7 Å². The maximum Gasteiger partial charge on any atom is 0.123 e. The molecule has 0 aliphatic rings. The summed E-state index contributed by atoms with van der Waals surface area (Å²) in [5.74, 6) is -0.209. The van der Waals surface area contributed by atoms with E-state index in [9.17, 15) is 4.39 Å². The molecular formula is C10H14FNO. The first-order valence-corrected chi connectivity index (χ1v) is 4.33. The van der Waals surface area contributed by atoms with E-state index in [4.69, 9.17) is 4.84 Å². The zero-order chi connectivity index (χ0) is 9.68. The van der Waals surface area contributed by atoms with E-state index >= 15 is 0 Å².